The van der Waals surface area contributed by atoms with Crippen molar-refractivity contribution in [2.24, 2.45) is 11.7 Å². The van der Waals surface area contributed by atoms with Gasteiger partial charge >= 0.3 is 0 Å². The summed E-state index contributed by atoms with van der Waals surface area (Å²) in [5.41, 5.74) is 7.60. The molecule has 0 aromatic heterocycles. The van der Waals surface area contributed by atoms with Gasteiger partial charge in [-0.25, -0.2) is 0 Å². The Morgan fingerprint density at radius 3 is 2.38 bits per heavy atom. The van der Waals surface area contributed by atoms with Crippen molar-refractivity contribution in [3.63, 3.8) is 0 Å². The van der Waals surface area contributed by atoms with Crippen LogP contribution in [0.4, 0.5) is 0 Å². The highest BCUT2D eigenvalue weighted by atomic mass is 35.5. The topological polar surface area (TPSA) is 84.2 Å². The molecule has 1 aromatic rings. The average Bonchev–Trinajstić information content (AvgIpc) is 3.01. The number of halogens is 1. The lowest BCUT2D eigenvalue weighted by Crippen LogP contribution is -2.41. The van der Waals surface area contributed by atoms with Crippen LogP contribution in [-0.4, -0.2) is 30.9 Å². The van der Waals surface area contributed by atoms with Crippen molar-refractivity contribution < 1.29 is 9.59 Å². The maximum Gasteiger partial charge on any atom is 0.251 e. The number of hydrogen-bond donors (Lipinski definition) is 3. The van der Waals surface area contributed by atoms with Crippen LogP contribution < -0.4 is 16.4 Å². The van der Waals surface area contributed by atoms with E-state index in [9.17, 15) is 9.59 Å². The summed E-state index contributed by atoms with van der Waals surface area (Å²) in [4.78, 5) is 24.2. The van der Waals surface area contributed by atoms with E-state index in [1.54, 1.807) is 0 Å². The zero-order chi connectivity index (χ0) is 18.4. The Morgan fingerprint density at radius 2 is 1.81 bits per heavy atom. The van der Waals surface area contributed by atoms with Crippen LogP contribution in [0.3, 0.4) is 0 Å². The number of carbonyl (C=O) groups excluding carboxylic acids is 2. The van der Waals surface area contributed by atoms with Crippen molar-refractivity contribution in [3.05, 3.63) is 35.4 Å². The third-order valence-corrected chi connectivity index (χ3v) is 4.96. The van der Waals surface area contributed by atoms with Crippen molar-refractivity contribution >= 4 is 24.2 Å². The zero-order valence-corrected chi connectivity index (χ0v) is 16.8. The van der Waals surface area contributed by atoms with Crippen LogP contribution in [0.15, 0.2) is 24.3 Å². The van der Waals surface area contributed by atoms with Gasteiger partial charge in [0.2, 0.25) is 5.91 Å². The second kappa shape index (κ2) is 9.93. The Kier molecular flexibility index (Phi) is 8.57. The molecule has 1 saturated carbocycles. The van der Waals surface area contributed by atoms with Gasteiger partial charge in [-0.2, -0.15) is 0 Å². The molecular formula is C20H32ClN3O2. The fourth-order valence-electron chi connectivity index (χ4n) is 3.30. The standard InChI is InChI=1S/C20H31N3O2.ClH/c1-20(2,3)16-9-7-14(8-10-16)19(25)22-12-11-18(24)23-17-6-4-5-15(17)13-21;/h7-10,15,17H,4-6,11-13,21H2,1-3H3,(H,22,25)(H,23,24);1H. The lowest BCUT2D eigenvalue weighted by molar-refractivity contribution is -0.121. The zero-order valence-electron chi connectivity index (χ0n) is 16.0. The quantitative estimate of drug-likeness (QED) is 0.708. The van der Waals surface area contributed by atoms with Gasteiger partial charge in [-0.15, -0.1) is 12.4 Å². The molecule has 0 bridgehead atoms. The molecule has 2 amide bonds. The number of benzene rings is 1. The Bertz CT molecular complexity index is 596. The number of carbonyl (C=O) groups is 2. The van der Waals surface area contributed by atoms with E-state index in [0.29, 0.717) is 31.0 Å². The molecule has 1 aromatic carbocycles. The maximum atomic E-state index is 12.2. The first-order chi connectivity index (χ1) is 11.8. The minimum Gasteiger partial charge on any atom is -0.353 e. The van der Waals surface area contributed by atoms with Crippen molar-refractivity contribution in [2.45, 2.75) is 57.9 Å². The first-order valence-corrected chi connectivity index (χ1v) is 9.19. The normalized spacial score (nSPS) is 19.5. The Morgan fingerprint density at radius 1 is 1.15 bits per heavy atom. The fourth-order valence-corrected chi connectivity index (χ4v) is 3.30. The van der Waals surface area contributed by atoms with Gasteiger partial charge in [0.15, 0.2) is 0 Å². The van der Waals surface area contributed by atoms with E-state index in [1.807, 2.05) is 24.3 Å². The molecular weight excluding hydrogens is 350 g/mol. The first-order valence-electron chi connectivity index (χ1n) is 9.19. The van der Waals surface area contributed by atoms with E-state index in [2.05, 4.69) is 31.4 Å². The maximum absolute atomic E-state index is 12.2. The van der Waals surface area contributed by atoms with Gasteiger partial charge in [-0.3, -0.25) is 9.59 Å². The molecule has 0 saturated heterocycles. The molecule has 0 aliphatic heterocycles. The van der Waals surface area contributed by atoms with Gasteiger partial charge in [0.05, 0.1) is 0 Å². The van der Waals surface area contributed by atoms with Crippen LogP contribution in [0.25, 0.3) is 0 Å². The molecule has 146 valence electrons. The molecule has 0 heterocycles. The largest absolute Gasteiger partial charge is 0.353 e. The summed E-state index contributed by atoms with van der Waals surface area (Å²) in [7, 11) is 0. The summed E-state index contributed by atoms with van der Waals surface area (Å²) < 4.78 is 0. The number of rotatable bonds is 6. The van der Waals surface area contributed by atoms with E-state index in [-0.39, 0.29) is 35.7 Å². The fraction of sp³-hybridized carbons (Fsp3) is 0.600. The number of hydrogen-bond acceptors (Lipinski definition) is 3. The molecule has 4 N–H and O–H groups in total. The van der Waals surface area contributed by atoms with Gasteiger partial charge in [-0.05, 0) is 48.4 Å². The monoisotopic (exact) mass is 381 g/mol. The van der Waals surface area contributed by atoms with E-state index in [0.717, 1.165) is 19.3 Å². The summed E-state index contributed by atoms with van der Waals surface area (Å²) in [6.07, 6.45) is 3.50. The molecule has 1 fully saturated rings. The molecule has 2 atom stereocenters. The molecule has 5 nitrogen and oxygen atoms in total. The second-order valence-corrected chi connectivity index (χ2v) is 7.93. The van der Waals surface area contributed by atoms with Gasteiger partial charge in [0.25, 0.3) is 5.91 Å². The molecule has 1 aliphatic rings. The Hall–Kier alpha value is -1.59. The number of amides is 2. The molecule has 26 heavy (non-hydrogen) atoms. The van der Waals surface area contributed by atoms with Crippen molar-refractivity contribution in [2.75, 3.05) is 13.1 Å². The third-order valence-electron chi connectivity index (χ3n) is 4.96. The summed E-state index contributed by atoms with van der Waals surface area (Å²) >= 11 is 0. The van der Waals surface area contributed by atoms with Crippen LogP contribution in [0.2, 0.25) is 0 Å². The minimum atomic E-state index is -0.144. The summed E-state index contributed by atoms with van der Waals surface area (Å²) in [6.45, 7) is 7.37. The lowest BCUT2D eigenvalue weighted by atomic mass is 9.87. The number of nitrogens with one attached hydrogen (secondary N) is 2. The second-order valence-electron chi connectivity index (χ2n) is 7.93. The smallest absolute Gasteiger partial charge is 0.251 e. The molecule has 2 unspecified atom stereocenters. The van der Waals surface area contributed by atoms with E-state index >= 15 is 0 Å². The highest BCUT2D eigenvalue weighted by Gasteiger charge is 2.27. The predicted molar refractivity (Wildman–Crippen MR) is 108 cm³/mol. The van der Waals surface area contributed by atoms with E-state index in [1.165, 1.54) is 5.56 Å². The van der Waals surface area contributed by atoms with Gasteiger partial charge in [0.1, 0.15) is 0 Å². The van der Waals surface area contributed by atoms with Crippen LogP contribution in [0, 0.1) is 5.92 Å². The van der Waals surface area contributed by atoms with Crippen LogP contribution in [-0.2, 0) is 10.2 Å². The minimum absolute atomic E-state index is 0. The van der Waals surface area contributed by atoms with E-state index in [4.69, 9.17) is 5.73 Å². The van der Waals surface area contributed by atoms with Gasteiger partial charge in [-0.1, -0.05) is 39.3 Å². The van der Waals surface area contributed by atoms with Crippen LogP contribution >= 0.6 is 12.4 Å². The Labute approximate surface area is 162 Å². The van der Waals surface area contributed by atoms with Crippen LogP contribution in [0.1, 0.15) is 62.4 Å². The molecule has 2 rings (SSSR count). The van der Waals surface area contributed by atoms with E-state index < -0.39 is 0 Å². The van der Waals surface area contributed by atoms with Crippen molar-refractivity contribution in [3.8, 4) is 0 Å². The summed E-state index contributed by atoms with van der Waals surface area (Å²) in [6, 6.07) is 7.82. The van der Waals surface area contributed by atoms with Gasteiger partial charge < -0.3 is 16.4 Å². The first kappa shape index (κ1) is 22.5. The Balaban J connectivity index is 0.00000338. The number of nitrogens with two attached hydrogens (primary N) is 1. The molecule has 0 radical (unpaired) electrons. The lowest BCUT2D eigenvalue weighted by Gasteiger charge is -2.19. The highest BCUT2D eigenvalue weighted by molar-refractivity contribution is 5.94. The molecule has 1 aliphatic carbocycles. The summed E-state index contributed by atoms with van der Waals surface area (Å²) in [5, 5.41) is 5.86. The molecule has 6 heteroatoms. The highest BCUT2D eigenvalue weighted by Crippen LogP contribution is 2.24. The SMILES string of the molecule is CC(C)(C)c1ccc(C(=O)NCCC(=O)NC2CCCC2CN)cc1.Cl. The average molecular weight is 382 g/mol. The summed E-state index contributed by atoms with van der Waals surface area (Å²) in [5.74, 6) is 0.225. The van der Waals surface area contributed by atoms with Crippen molar-refractivity contribution in [1.82, 2.24) is 10.6 Å². The van der Waals surface area contributed by atoms with Gasteiger partial charge in [0, 0.05) is 24.6 Å². The predicted octanol–water partition coefficient (Wildman–Crippen LogP) is 2.77. The van der Waals surface area contributed by atoms with Crippen LogP contribution in [0.5, 0.6) is 0 Å². The third kappa shape index (κ3) is 6.29. The van der Waals surface area contributed by atoms with Crippen molar-refractivity contribution in [1.29, 1.82) is 0 Å². The molecule has 0 spiro atoms.